The molecule has 10 heteroatoms. The van der Waals surface area contributed by atoms with Crippen LogP contribution < -0.4 is 0 Å². The number of benzene rings is 3. The molecule has 3 aromatic carbocycles. The van der Waals surface area contributed by atoms with Gasteiger partial charge in [-0.15, -0.1) is 10.2 Å². The normalized spacial score (nSPS) is 10.8. The molecule has 1 aromatic heterocycles. The maximum Gasteiger partial charge on any atom is 0.269 e. The predicted molar refractivity (Wildman–Crippen MR) is 125 cm³/mol. The van der Waals surface area contributed by atoms with Crippen molar-refractivity contribution in [2.75, 3.05) is 5.75 Å². The first-order chi connectivity index (χ1) is 15.4. The molecule has 0 saturated carbocycles. The van der Waals surface area contributed by atoms with E-state index in [-0.39, 0.29) is 17.2 Å². The third-order valence-corrected chi connectivity index (χ3v) is 5.95. The van der Waals surface area contributed by atoms with E-state index in [0.717, 1.165) is 11.3 Å². The van der Waals surface area contributed by atoms with Crippen LogP contribution in [-0.4, -0.2) is 31.2 Å². The fraction of sp³-hybridized carbons (Fsp3) is 0.0455. The van der Waals surface area contributed by atoms with E-state index in [1.54, 1.807) is 24.3 Å². The zero-order chi connectivity index (χ0) is 22.7. The molecular formula is C22H14Cl2N4O3S. The molecule has 0 atom stereocenters. The van der Waals surface area contributed by atoms with Crippen molar-refractivity contribution in [1.82, 2.24) is 14.8 Å². The number of Topliss-reactive ketones (excluding diaryl/α,β-unsaturated/α-hetero) is 1. The number of carbonyl (C=O) groups is 1. The van der Waals surface area contributed by atoms with Crippen LogP contribution in [0.1, 0.15) is 10.4 Å². The van der Waals surface area contributed by atoms with Crippen molar-refractivity contribution in [2.45, 2.75) is 5.16 Å². The smallest absolute Gasteiger partial charge is 0.269 e. The molecule has 4 aromatic rings. The Kier molecular flexibility index (Phi) is 6.55. The quantitative estimate of drug-likeness (QED) is 0.136. The fourth-order valence-electron chi connectivity index (χ4n) is 2.98. The van der Waals surface area contributed by atoms with Crippen LogP contribution in [0.3, 0.4) is 0 Å². The summed E-state index contributed by atoms with van der Waals surface area (Å²) >= 11 is 13.4. The molecule has 0 bridgehead atoms. The predicted octanol–water partition coefficient (Wildman–Crippen LogP) is 6.12. The Bertz CT molecular complexity index is 1290. The van der Waals surface area contributed by atoms with Gasteiger partial charge < -0.3 is 0 Å². The minimum Gasteiger partial charge on any atom is -0.293 e. The zero-order valence-corrected chi connectivity index (χ0v) is 18.6. The maximum absolute atomic E-state index is 12.6. The van der Waals surface area contributed by atoms with Gasteiger partial charge in [-0.25, -0.2) is 0 Å². The van der Waals surface area contributed by atoms with Gasteiger partial charge in [-0.2, -0.15) is 0 Å². The summed E-state index contributed by atoms with van der Waals surface area (Å²) in [5.74, 6) is 0.471. The van der Waals surface area contributed by atoms with Gasteiger partial charge in [0.25, 0.3) is 5.69 Å². The highest BCUT2D eigenvalue weighted by atomic mass is 35.5. The molecular weight excluding hydrogens is 471 g/mol. The molecule has 0 amide bonds. The first-order valence-corrected chi connectivity index (χ1v) is 11.0. The molecule has 32 heavy (non-hydrogen) atoms. The van der Waals surface area contributed by atoms with Gasteiger partial charge in [0.05, 0.1) is 10.7 Å². The van der Waals surface area contributed by atoms with Crippen molar-refractivity contribution in [3.05, 3.63) is 98.5 Å². The van der Waals surface area contributed by atoms with Crippen molar-refractivity contribution < 1.29 is 9.72 Å². The lowest BCUT2D eigenvalue weighted by atomic mass is 10.1. The lowest BCUT2D eigenvalue weighted by Gasteiger charge is -2.10. The zero-order valence-electron chi connectivity index (χ0n) is 16.3. The Hall–Kier alpha value is -3.20. The van der Waals surface area contributed by atoms with Crippen LogP contribution in [-0.2, 0) is 0 Å². The molecule has 0 aliphatic carbocycles. The standard InChI is InChI=1S/C22H14Cl2N4O3S/c23-16-6-10-18(11-7-16)27-21(15-2-1-3-17(24)12-15)25-26-22(27)32-13-20(29)14-4-8-19(9-5-14)28(30)31/h1-12H,13H2. The van der Waals surface area contributed by atoms with Crippen LogP contribution in [0.5, 0.6) is 0 Å². The topological polar surface area (TPSA) is 90.9 Å². The van der Waals surface area contributed by atoms with Gasteiger partial charge in [0.2, 0.25) is 0 Å². The van der Waals surface area contributed by atoms with E-state index in [9.17, 15) is 14.9 Å². The Morgan fingerprint density at radius 3 is 2.34 bits per heavy atom. The number of aromatic nitrogens is 3. The van der Waals surface area contributed by atoms with E-state index in [1.165, 1.54) is 36.0 Å². The van der Waals surface area contributed by atoms with E-state index in [4.69, 9.17) is 23.2 Å². The third kappa shape index (κ3) is 4.83. The molecule has 7 nitrogen and oxygen atoms in total. The van der Waals surface area contributed by atoms with Gasteiger partial charge in [0, 0.05) is 39.0 Å². The first-order valence-electron chi connectivity index (χ1n) is 9.30. The Balaban J connectivity index is 1.64. The number of non-ortho nitro benzene ring substituents is 1. The number of nitro benzene ring substituents is 1. The van der Waals surface area contributed by atoms with Gasteiger partial charge in [-0.05, 0) is 48.5 Å². The molecule has 0 aliphatic rings. The molecule has 0 unspecified atom stereocenters. The lowest BCUT2D eigenvalue weighted by Crippen LogP contribution is -2.05. The van der Waals surface area contributed by atoms with E-state index in [0.29, 0.717) is 26.6 Å². The van der Waals surface area contributed by atoms with E-state index in [2.05, 4.69) is 10.2 Å². The third-order valence-electron chi connectivity index (χ3n) is 4.53. The summed E-state index contributed by atoms with van der Waals surface area (Å²) in [4.78, 5) is 22.9. The fourth-order valence-corrected chi connectivity index (χ4v) is 4.15. The number of ketones is 1. The largest absolute Gasteiger partial charge is 0.293 e. The maximum atomic E-state index is 12.6. The van der Waals surface area contributed by atoms with E-state index < -0.39 is 4.92 Å². The number of thioether (sulfide) groups is 1. The lowest BCUT2D eigenvalue weighted by molar-refractivity contribution is -0.384. The number of carbonyl (C=O) groups excluding carboxylic acids is 1. The van der Waals surface area contributed by atoms with E-state index in [1.807, 2.05) is 28.8 Å². The van der Waals surface area contributed by atoms with E-state index >= 15 is 0 Å². The van der Waals surface area contributed by atoms with Crippen molar-refractivity contribution >= 4 is 46.4 Å². The summed E-state index contributed by atoms with van der Waals surface area (Å²) in [7, 11) is 0. The molecule has 160 valence electrons. The summed E-state index contributed by atoms with van der Waals surface area (Å²) in [6.45, 7) is 0. The summed E-state index contributed by atoms with van der Waals surface area (Å²) in [5.41, 5.74) is 1.87. The minimum absolute atomic E-state index is 0.0668. The number of nitrogens with zero attached hydrogens (tertiary/aromatic N) is 4. The number of halogens is 2. The van der Waals surface area contributed by atoms with Gasteiger partial charge in [-0.3, -0.25) is 19.5 Å². The molecule has 1 heterocycles. The first kappa shape index (κ1) is 22.0. The average molecular weight is 485 g/mol. The monoisotopic (exact) mass is 484 g/mol. The number of hydrogen-bond acceptors (Lipinski definition) is 6. The number of nitro groups is 1. The SMILES string of the molecule is O=C(CSc1nnc(-c2cccc(Cl)c2)n1-c1ccc(Cl)cc1)c1ccc([N+](=O)[O-])cc1. The van der Waals surface area contributed by atoms with Crippen molar-refractivity contribution in [2.24, 2.45) is 0 Å². The molecule has 0 spiro atoms. The molecule has 0 saturated heterocycles. The van der Waals surface area contributed by atoms with Crippen LogP contribution in [0, 0.1) is 10.1 Å². The Labute approximate surface area is 197 Å². The minimum atomic E-state index is -0.505. The highest BCUT2D eigenvalue weighted by Crippen LogP contribution is 2.30. The summed E-state index contributed by atoms with van der Waals surface area (Å²) in [5, 5.41) is 21.1. The van der Waals surface area contributed by atoms with Crippen molar-refractivity contribution in [1.29, 1.82) is 0 Å². The van der Waals surface area contributed by atoms with Crippen LogP contribution in [0.15, 0.2) is 78.0 Å². The second-order valence-corrected chi connectivity index (χ2v) is 8.46. The van der Waals surface area contributed by atoms with Gasteiger partial charge >= 0.3 is 0 Å². The summed E-state index contributed by atoms with van der Waals surface area (Å²) < 4.78 is 1.83. The summed E-state index contributed by atoms with van der Waals surface area (Å²) in [6.07, 6.45) is 0. The Morgan fingerprint density at radius 2 is 1.69 bits per heavy atom. The number of rotatable bonds is 7. The van der Waals surface area contributed by atoms with Gasteiger partial charge in [0.15, 0.2) is 16.8 Å². The molecule has 0 N–H and O–H groups in total. The van der Waals surface area contributed by atoms with Crippen LogP contribution in [0.2, 0.25) is 10.0 Å². The van der Waals surface area contributed by atoms with Crippen molar-refractivity contribution in [3.8, 4) is 17.1 Å². The second kappa shape index (κ2) is 9.52. The van der Waals surface area contributed by atoms with Crippen LogP contribution in [0.4, 0.5) is 5.69 Å². The molecule has 0 fully saturated rings. The van der Waals surface area contributed by atoms with Gasteiger partial charge in [-0.1, -0.05) is 47.1 Å². The molecule has 0 radical (unpaired) electrons. The van der Waals surface area contributed by atoms with Gasteiger partial charge in [0.1, 0.15) is 0 Å². The summed E-state index contributed by atoms with van der Waals surface area (Å²) in [6, 6.07) is 20.0. The van der Waals surface area contributed by atoms with Crippen LogP contribution >= 0.6 is 35.0 Å². The highest BCUT2D eigenvalue weighted by Gasteiger charge is 2.18. The second-order valence-electron chi connectivity index (χ2n) is 6.64. The molecule has 0 aliphatic heterocycles. The Morgan fingerprint density at radius 1 is 0.969 bits per heavy atom. The molecule has 4 rings (SSSR count). The van der Waals surface area contributed by atoms with Crippen LogP contribution in [0.25, 0.3) is 17.1 Å². The highest BCUT2D eigenvalue weighted by molar-refractivity contribution is 7.99. The average Bonchev–Trinajstić information content (AvgIpc) is 3.22. The van der Waals surface area contributed by atoms with Crippen molar-refractivity contribution in [3.63, 3.8) is 0 Å². The number of hydrogen-bond donors (Lipinski definition) is 0.